The molecule has 0 spiro atoms. The van der Waals surface area contributed by atoms with Crippen molar-refractivity contribution in [3.05, 3.63) is 59.4 Å². The van der Waals surface area contributed by atoms with Crippen molar-refractivity contribution in [1.82, 2.24) is 9.78 Å². The first kappa shape index (κ1) is 13.4. The minimum Gasteiger partial charge on any atom is -0.487 e. The summed E-state index contributed by atoms with van der Waals surface area (Å²) >= 11 is 0. The maximum absolute atomic E-state index is 11.4. The number of benzene rings is 2. The van der Waals surface area contributed by atoms with E-state index in [1.807, 2.05) is 56.4 Å². The lowest BCUT2D eigenvalue weighted by atomic mass is 10.0. The van der Waals surface area contributed by atoms with Gasteiger partial charge in [0.05, 0.1) is 17.0 Å². The van der Waals surface area contributed by atoms with Crippen LogP contribution >= 0.6 is 0 Å². The molecular formula is C17H16N2O2. The molecule has 0 N–H and O–H groups in total. The molecule has 4 nitrogen and oxygen atoms in total. The molecule has 0 aliphatic rings. The molecule has 0 atom stereocenters. The molecule has 1 aromatic heterocycles. The van der Waals surface area contributed by atoms with Crippen LogP contribution in [0.1, 0.15) is 21.7 Å². The smallest absolute Gasteiger partial charge is 0.154 e. The second-order valence-electron chi connectivity index (χ2n) is 5.01. The van der Waals surface area contributed by atoms with Gasteiger partial charge in [0.25, 0.3) is 0 Å². The molecule has 0 bridgehead atoms. The summed E-state index contributed by atoms with van der Waals surface area (Å²) in [7, 11) is 1.88. The average Bonchev–Trinajstić information content (AvgIpc) is 2.82. The minimum atomic E-state index is 0.385. The first-order valence-corrected chi connectivity index (χ1v) is 6.78. The highest BCUT2D eigenvalue weighted by molar-refractivity contribution is 6.00. The number of hydrogen-bond donors (Lipinski definition) is 0. The molecule has 0 fully saturated rings. The van der Waals surface area contributed by atoms with Gasteiger partial charge in [-0.15, -0.1) is 0 Å². The van der Waals surface area contributed by atoms with Crippen LogP contribution in [-0.2, 0) is 13.7 Å². The van der Waals surface area contributed by atoms with Gasteiger partial charge in [-0.2, -0.15) is 5.10 Å². The van der Waals surface area contributed by atoms with Gasteiger partial charge in [-0.3, -0.25) is 9.48 Å². The quantitative estimate of drug-likeness (QED) is 0.689. The number of aryl methyl sites for hydroxylation is 2. The SMILES string of the molecule is Cc1cc(COc2ccc3ccccc3c2C=O)n(C)n1. The van der Waals surface area contributed by atoms with E-state index >= 15 is 0 Å². The zero-order chi connectivity index (χ0) is 14.8. The summed E-state index contributed by atoms with van der Waals surface area (Å²) in [6, 6.07) is 13.6. The van der Waals surface area contributed by atoms with Crippen LogP contribution in [0.5, 0.6) is 5.75 Å². The zero-order valence-corrected chi connectivity index (χ0v) is 12.0. The largest absolute Gasteiger partial charge is 0.487 e. The van der Waals surface area contributed by atoms with E-state index in [1.165, 1.54) is 0 Å². The second kappa shape index (κ2) is 5.40. The standard InChI is InChI=1S/C17H16N2O2/c1-12-9-14(19(2)18-12)11-21-17-8-7-13-5-3-4-6-15(13)16(17)10-20/h3-10H,11H2,1-2H3. The fourth-order valence-corrected chi connectivity index (χ4v) is 2.47. The Bertz CT molecular complexity index is 806. The molecule has 0 aliphatic heterocycles. The number of rotatable bonds is 4. The van der Waals surface area contributed by atoms with E-state index in [-0.39, 0.29) is 0 Å². The molecule has 2 aromatic carbocycles. The van der Waals surface area contributed by atoms with E-state index < -0.39 is 0 Å². The normalized spacial score (nSPS) is 10.8. The third kappa shape index (κ3) is 2.52. The molecule has 0 radical (unpaired) electrons. The number of ether oxygens (including phenoxy) is 1. The van der Waals surface area contributed by atoms with Crippen LogP contribution < -0.4 is 4.74 Å². The summed E-state index contributed by atoms with van der Waals surface area (Å²) in [6.07, 6.45) is 0.853. The molecule has 0 saturated heterocycles. The molecule has 0 saturated carbocycles. The lowest BCUT2D eigenvalue weighted by Crippen LogP contribution is -2.04. The van der Waals surface area contributed by atoms with Crippen LogP contribution in [0.25, 0.3) is 10.8 Å². The Labute approximate surface area is 123 Å². The Morgan fingerprint density at radius 1 is 1.24 bits per heavy atom. The Hall–Kier alpha value is -2.62. The first-order valence-electron chi connectivity index (χ1n) is 6.78. The van der Waals surface area contributed by atoms with E-state index in [1.54, 1.807) is 4.68 Å². The summed E-state index contributed by atoms with van der Waals surface area (Å²) in [5, 5.41) is 6.22. The van der Waals surface area contributed by atoms with Gasteiger partial charge in [0.2, 0.25) is 0 Å². The Morgan fingerprint density at radius 2 is 2.05 bits per heavy atom. The third-order valence-electron chi connectivity index (χ3n) is 3.52. The molecule has 3 rings (SSSR count). The van der Waals surface area contributed by atoms with Crippen molar-refractivity contribution in [3.8, 4) is 5.75 Å². The Morgan fingerprint density at radius 3 is 2.76 bits per heavy atom. The van der Waals surface area contributed by atoms with Gasteiger partial charge in [0.15, 0.2) is 6.29 Å². The van der Waals surface area contributed by atoms with E-state index in [4.69, 9.17) is 4.74 Å². The number of nitrogens with zero attached hydrogens (tertiary/aromatic N) is 2. The minimum absolute atomic E-state index is 0.385. The van der Waals surface area contributed by atoms with Crippen molar-refractivity contribution in [1.29, 1.82) is 0 Å². The van der Waals surface area contributed by atoms with E-state index in [0.717, 1.165) is 28.4 Å². The number of aromatic nitrogens is 2. The molecule has 21 heavy (non-hydrogen) atoms. The molecule has 3 aromatic rings. The fraction of sp³-hybridized carbons (Fsp3) is 0.176. The molecule has 4 heteroatoms. The summed E-state index contributed by atoms with van der Waals surface area (Å²) in [5.41, 5.74) is 2.51. The average molecular weight is 280 g/mol. The highest BCUT2D eigenvalue weighted by Crippen LogP contribution is 2.27. The zero-order valence-electron chi connectivity index (χ0n) is 12.0. The second-order valence-corrected chi connectivity index (χ2v) is 5.01. The monoisotopic (exact) mass is 280 g/mol. The van der Waals surface area contributed by atoms with Crippen LogP contribution in [0.4, 0.5) is 0 Å². The first-order chi connectivity index (χ1) is 10.2. The summed E-state index contributed by atoms with van der Waals surface area (Å²) < 4.78 is 7.61. The summed E-state index contributed by atoms with van der Waals surface area (Å²) in [4.78, 5) is 11.4. The fourth-order valence-electron chi connectivity index (χ4n) is 2.47. The van der Waals surface area contributed by atoms with Gasteiger partial charge >= 0.3 is 0 Å². The van der Waals surface area contributed by atoms with Crippen molar-refractivity contribution < 1.29 is 9.53 Å². The van der Waals surface area contributed by atoms with Gasteiger partial charge in [-0.1, -0.05) is 30.3 Å². The highest BCUT2D eigenvalue weighted by atomic mass is 16.5. The molecule has 1 heterocycles. The third-order valence-corrected chi connectivity index (χ3v) is 3.52. The van der Waals surface area contributed by atoms with Crippen LogP contribution in [0, 0.1) is 6.92 Å². The van der Waals surface area contributed by atoms with Crippen molar-refractivity contribution in [3.63, 3.8) is 0 Å². The molecular weight excluding hydrogens is 264 g/mol. The van der Waals surface area contributed by atoms with Crippen molar-refractivity contribution in [2.24, 2.45) is 7.05 Å². The maximum atomic E-state index is 11.4. The van der Waals surface area contributed by atoms with Gasteiger partial charge in [-0.05, 0) is 29.8 Å². The van der Waals surface area contributed by atoms with Crippen molar-refractivity contribution >= 4 is 17.1 Å². The van der Waals surface area contributed by atoms with Gasteiger partial charge in [0, 0.05) is 7.05 Å². The highest BCUT2D eigenvalue weighted by Gasteiger charge is 2.09. The lowest BCUT2D eigenvalue weighted by Gasteiger charge is -2.10. The maximum Gasteiger partial charge on any atom is 0.154 e. The van der Waals surface area contributed by atoms with Crippen LogP contribution in [0.3, 0.4) is 0 Å². The molecule has 0 unspecified atom stereocenters. The topological polar surface area (TPSA) is 44.1 Å². The molecule has 0 aliphatic carbocycles. The Kier molecular flexibility index (Phi) is 3.44. The van der Waals surface area contributed by atoms with E-state index in [0.29, 0.717) is 17.9 Å². The molecule has 0 amide bonds. The summed E-state index contributed by atoms with van der Waals surface area (Å²) in [5.74, 6) is 0.600. The van der Waals surface area contributed by atoms with Crippen molar-refractivity contribution in [2.75, 3.05) is 0 Å². The van der Waals surface area contributed by atoms with Crippen LogP contribution in [0.2, 0.25) is 0 Å². The predicted molar refractivity (Wildman–Crippen MR) is 81.6 cm³/mol. The number of hydrogen-bond acceptors (Lipinski definition) is 3. The Balaban J connectivity index is 1.93. The van der Waals surface area contributed by atoms with E-state index in [9.17, 15) is 4.79 Å². The van der Waals surface area contributed by atoms with Crippen LogP contribution in [0.15, 0.2) is 42.5 Å². The van der Waals surface area contributed by atoms with Gasteiger partial charge in [0.1, 0.15) is 12.4 Å². The predicted octanol–water partition coefficient (Wildman–Crippen LogP) is 3.27. The van der Waals surface area contributed by atoms with Crippen molar-refractivity contribution in [2.45, 2.75) is 13.5 Å². The van der Waals surface area contributed by atoms with Gasteiger partial charge in [-0.25, -0.2) is 0 Å². The lowest BCUT2D eigenvalue weighted by molar-refractivity contribution is 0.112. The number of fused-ring (bicyclic) bond motifs is 1. The number of aldehydes is 1. The van der Waals surface area contributed by atoms with E-state index in [2.05, 4.69) is 5.10 Å². The number of carbonyl (C=O) groups excluding carboxylic acids is 1. The summed E-state index contributed by atoms with van der Waals surface area (Å²) in [6.45, 7) is 2.33. The number of carbonyl (C=O) groups is 1. The molecule has 106 valence electrons. The van der Waals surface area contributed by atoms with Gasteiger partial charge < -0.3 is 4.74 Å². The van der Waals surface area contributed by atoms with Crippen LogP contribution in [-0.4, -0.2) is 16.1 Å².